The van der Waals surface area contributed by atoms with E-state index in [2.05, 4.69) is 0 Å². The van der Waals surface area contributed by atoms with Gasteiger partial charge in [0.2, 0.25) is 0 Å². The lowest BCUT2D eigenvalue weighted by Gasteiger charge is -2.24. The van der Waals surface area contributed by atoms with Crippen LogP contribution in [0.4, 0.5) is 8.78 Å². The minimum Gasteiger partial charge on any atom is -0.330 e. The van der Waals surface area contributed by atoms with Crippen LogP contribution >= 0.6 is 0 Å². The van der Waals surface area contributed by atoms with Crippen LogP contribution in [0.15, 0.2) is 18.2 Å². The number of hydrogen-bond donors (Lipinski definition) is 1. The molecule has 1 saturated carbocycles. The molecule has 1 nitrogen and oxygen atoms in total. The fourth-order valence-corrected chi connectivity index (χ4v) is 3.02. The molecular formula is C15H21F2N. The third-order valence-electron chi connectivity index (χ3n) is 4.11. The molecule has 0 aliphatic heterocycles. The molecule has 1 aliphatic carbocycles. The summed E-state index contributed by atoms with van der Waals surface area (Å²) >= 11 is 0. The van der Waals surface area contributed by atoms with E-state index in [0.29, 0.717) is 30.4 Å². The molecule has 1 aromatic rings. The van der Waals surface area contributed by atoms with E-state index in [-0.39, 0.29) is 11.6 Å². The van der Waals surface area contributed by atoms with Gasteiger partial charge in [-0.05, 0) is 61.4 Å². The number of halogens is 2. The van der Waals surface area contributed by atoms with Crippen LogP contribution in [0, 0.1) is 23.5 Å². The number of benzene rings is 1. The molecule has 0 spiro atoms. The maximum absolute atomic E-state index is 13.7. The molecule has 2 rings (SSSR count). The van der Waals surface area contributed by atoms with Crippen LogP contribution in [-0.2, 0) is 6.42 Å². The average Bonchev–Trinajstić information content (AvgIpc) is 2.59. The van der Waals surface area contributed by atoms with Gasteiger partial charge < -0.3 is 5.73 Å². The van der Waals surface area contributed by atoms with Crippen molar-refractivity contribution in [3.8, 4) is 0 Å². The topological polar surface area (TPSA) is 26.0 Å². The Labute approximate surface area is 107 Å². The van der Waals surface area contributed by atoms with Gasteiger partial charge in [-0.3, -0.25) is 0 Å². The van der Waals surface area contributed by atoms with Gasteiger partial charge in [-0.15, -0.1) is 0 Å². The monoisotopic (exact) mass is 253 g/mol. The quantitative estimate of drug-likeness (QED) is 0.817. The molecule has 100 valence electrons. The highest BCUT2D eigenvalue weighted by Gasteiger charge is 2.23. The van der Waals surface area contributed by atoms with Crippen molar-refractivity contribution in [3.63, 3.8) is 0 Å². The van der Waals surface area contributed by atoms with Crippen molar-refractivity contribution in [1.29, 1.82) is 0 Å². The molecule has 18 heavy (non-hydrogen) atoms. The normalized spacial score (nSPS) is 24.8. The van der Waals surface area contributed by atoms with Crippen LogP contribution in [0.25, 0.3) is 0 Å². The van der Waals surface area contributed by atoms with Gasteiger partial charge in [-0.2, -0.15) is 0 Å². The summed E-state index contributed by atoms with van der Waals surface area (Å²) in [6.45, 7) is 0.654. The van der Waals surface area contributed by atoms with E-state index >= 15 is 0 Å². The van der Waals surface area contributed by atoms with Crippen LogP contribution in [0.2, 0.25) is 0 Å². The summed E-state index contributed by atoms with van der Waals surface area (Å²) in [4.78, 5) is 0. The minimum absolute atomic E-state index is 0.295. The molecule has 2 atom stereocenters. The molecule has 2 N–H and O–H groups in total. The van der Waals surface area contributed by atoms with Gasteiger partial charge in [0.05, 0.1) is 0 Å². The Morgan fingerprint density at radius 2 is 1.78 bits per heavy atom. The lowest BCUT2D eigenvalue weighted by Crippen LogP contribution is -2.24. The SMILES string of the molecule is NCC1CCCCCC1Cc1cc(F)ccc1F. The molecule has 0 bridgehead atoms. The van der Waals surface area contributed by atoms with Gasteiger partial charge in [-0.1, -0.05) is 19.3 Å². The molecule has 2 unspecified atom stereocenters. The zero-order valence-corrected chi connectivity index (χ0v) is 10.7. The first-order valence-electron chi connectivity index (χ1n) is 6.84. The van der Waals surface area contributed by atoms with Crippen LogP contribution in [0.1, 0.15) is 37.7 Å². The smallest absolute Gasteiger partial charge is 0.126 e. The fourth-order valence-electron chi connectivity index (χ4n) is 3.02. The summed E-state index contributed by atoms with van der Waals surface area (Å²) in [7, 11) is 0. The molecule has 3 heteroatoms. The summed E-state index contributed by atoms with van der Waals surface area (Å²) < 4.78 is 26.8. The first kappa shape index (κ1) is 13.5. The third-order valence-corrected chi connectivity index (χ3v) is 4.11. The second-order valence-corrected chi connectivity index (χ2v) is 5.33. The lowest BCUT2D eigenvalue weighted by molar-refractivity contribution is 0.315. The Bertz CT molecular complexity index is 392. The average molecular weight is 253 g/mol. The van der Waals surface area contributed by atoms with Crippen LogP contribution in [0.5, 0.6) is 0 Å². The van der Waals surface area contributed by atoms with Gasteiger partial charge >= 0.3 is 0 Å². The van der Waals surface area contributed by atoms with E-state index in [0.717, 1.165) is 12.8 Å². The van der Waals surface area contributed by atoms with Crippen molar-refractivity contribution in [2.75, 3.05) is 6.54 Å². The van der Waals surface area contributed by atoms with Gasteiger partial charge in [0.15, 0.2) is 0 Å². The van der Waals surface area contributed by atoms with Crippen molar-refractivity contribution >= 4 is 0 Å². The molecule has 0 saturated heterocycles. The van der Waals surface area contributed by atoms with Crippen LogP contribution in [0.3, 0.4) is 0 Å². The highest BCUT2D eigenvalue weighted by atomic mass is 19.1. The second-order valence-electron chi connectivity index (χ2n) is 5.33. The number of nitrogens with two attached hydrogens (primary N) is 1. The van der Waals surface area contributed by atoms with E-state index < -0.39 is 0 Å². The zero-order valence-electron chi connectivity index (χ0n) is 10.7. The van der Waals surface area contributed by atoms with E-state index in [1.54, 1.807) is 0 Å². The van der Waals surface area contributed by atoms with Gasteiger partial charge in [0.25, 0.3) is 0 Å². The molecule has 0 amide bonds. The molecular weight excluding hydrogens is 232 g/mol. The molecule has 1 aliphatic rings. The van der Waals surface area contributed by atoms with Crippen molar-refractivity contribution in [1.82, 2.24) is 0 Å². The minimum atomic E-state index is -0.357. The van der Waals surface area contributed by atoms with E-state index in [9.17, 15) is 8.78 Å². The summed E-state index contributed by atoms with van der Waals surface area (Å²) in [5.74, 6) is 0.199. The lowest BCUT2D eigenvalue weighted by atomic mass is 9.83. The van der Waals surface area contributed by atoms with E-state index in [1.165, 1.54) is 37.5 Å². The standard InChI is InChI=1S/C15H21F2N/c16-14-6-7-15(17)13(9-14)8-11-4-2-1-3-5-12(11)10-18/h6-7,9,11-12H,1-5,8,10,18H2. The Morgan fingerprint density at radius 1 is 1.06 bits per heavy atom. The van der Waals surface area contributed by atoms with Crippen molar-refractivity contribution in [3.05, 3.63) is 35.4 Å². The maximum Gasteiger partial charge on any atom is 0.126 e. The number of rotatable bonds is 3. The first-order valence-corrected chi connectivity index (χ1v) is 6.84. The predicted octanol–water partition coefficient (Wildman–Crippen LogP) is 3.66. The summed E-state index contributed by atoms with van der Waals surface area (Å²) in [5.41, 5.74) is 6.32. The fraction of sp³-hybridized carbons (Fsp3) is 0.600. The maximum atomic E-state index is 13.7. The first-order chi connectivity index (χ1) is 8.70. The zero-order chi connectivity index (χ0) is 13.0. The second kappa shape index (κ2) is 6.28. The Balaban J connectivity index is 2.12. The molecule has 0 radical (unpaired) electrons. The van der Waals surface area contributed by atoms with Gasteiger partial charge in [-0.25, -0.2) is 8.78 Å². The van der Waals surface area contributed by atoms with E-state index in [1.807, 2.05) is 0 Å². The predicted molar refractivity (Wildman–Crippen MR) is 69.2 cm³/mol. The highest BCUT2D eigenvalue weighted by molar-refractivity contribution is 5.19. The van der Waals surface area contributed by atoms with Crippen molar-refractivity contribution < 1.29 is 8.78 Å². The van der Waals surface area contributed by atoms with Crippen molar-refractivity contribution in [2.45, 2.75) is 38.5 Å². The summed E-state index contributed by atoms with van der Waals surface area (Å²) in [5, 5.41) is 0. The summed E-state index contributed by atoms with van der Waals surface area (Å²) in [6, 6.07) is 3.72. The highest BCUT2D eigenvalue weighted by Crippen LogP contribution is 2.31. The molecule has 1 aromatic carbocycles. The largest absolute Gasteiger partial charge is 0.330 e. The third kappa shape index (κ3) is 3.29. The Kier molecular flexibility index (Phi) is 4.70. The Hall–Kier alpha value is -0.960. The number of hydrogen-bond acceptors (Lipinski definition) is 1. The molecule has 0 heterocycles. The molecule has 1 fully saturated rings. The van der Waals surface area contributed by atoms with Crippen LogP contribution < -0.4 is 5.73 Å². The Morgan fingerprint density at radius 3 is 2.50 bits per heavy atom. The van der Waals surface area contributed by atoms with Gasteiger partial charge in [0.1, 0.15) is 11.6 Å². The molecule has 0 aromatic heterocycles. The van der Waals surface area contributed by atoms with Gasteiger partial charge in [0, 0.05) is 0 Å². The van der Waals surface area contributed by atoms with Crippen LogP contribution in [-0.4, -0.2) is 6.54 Å². The van der Waals surface area contributed by atoms with E-state index in [4.69, 9.17) is 5.73 Å². The van der Waals surface area contributed by atoms with Crippen molar-refractivity contribution in [2.24, 2.45) is 17.6 Å². The summed E-state index contributed by atoms with van der Waals surface area (Å²) in [6.07, 6.45) is 6.45.